The predicted molar refractivity (Wildman–Crippen MR) is 107 cm³/mol. The Kier molecular flexibility index (Phi) is 4.99. The summed E-state index contributed by atoms with van der Waals surface area (Å²) in [5.74, 6) is 0.00155. The molecule has 8 heteroatoms. The molecule has 0 bridgehead atoms. The number of amides is 1. The molecule has 0 aliphatic rings. The maximum absolute atomic E-state index is 12.3. The van der Waals surface area contributed by atoms with Gasteiger partial charge in [0.25, 0.3) is 0 Å². The minimum atomic E-state index is -0.178. The van der Waals surface area contributed by atoms with Gasteiger partial charge in [0.2, 0.25) is 5.91 Å². The highest BCUT2D eigenvalue weighted by Gasteiger charge is 2.13. The summed E-state index contributed by atoms with van der Waals surface area (Å²) < 4.78 is 1.74. The monoisotopic (exact) mass is 386 g/mol. The van der Waals surface area contributed by atoms with E-state index in [2.05, 4.69) is 26.5 Å². The Morgan fingerprint density at radius 2 is 2.00 bits per heavy atom. The number of aromatic nitrogens is 4. The van der Waals surface area contributed by atoms with Crippen LogP contribution in [0.4, 0.5) is 5.69 Å². The standard InChI is InChI=1S/C20H14N6OS/c21-10-14-5-4-6-15(9-14)25-18(27)12-28-20-17-11-24-26(19(17)22-13-23-20)16-7-2-1-3-8-16/h1-9,11,13H,12H2,(H,25,27). The molecule has 2 heterocycles. The number of benzene rings is 2. The van der Waals surface area contributed by atoms with E-state index in [1.807, 2.05) is 30.3 Å². The minimum Gasteiger partial charge on any atom is -0.325 e. The Hall–Kier alpha value is -3.70. The van der Waals surface area contributed by atoms with E-state index in [9.17, 15) is 4.79 Å². The number of thioether (sulfide) groups is 1. The fourth-order valence-electron chi connectivity index (χ4n) is 2.69. The van der Waals surface area contributed by atoms with Crippen LogP contribution in [-0.2, 0) is 4.79 Å². The smallest absolute Gasteiger partial charge is 0.234 e. The average molecular weight is 386 g/mol. The number of hydrogen-bond donors (Lipinski definition) is 1. The molecule has 0 aliphatic carbocycles. The molecule has 1 amide bonds. The Bertz CT molecular complexity index is 1180. The first-order chi connectivity index (χ1) is 13.7. The van der Waals surface area contributed by atoms with Crippen molar-refractivity contribution in [1.29, 1.82) is 5.26 Å². The largest absolute Gasteiger partial charge is 0.325 e. The second-order valence-corrected chi connectivity index (χ2v) is 6.80. The zero-order chi connectivity index (χ0) is 19.3. The molecule has 4 rings (SSSR count). The van der Waals surface area contributed by atoms with Gasteiger partial charge in [0.15, 0.2) is 5.65 Å². The van der Waals surface area contributed by atoms with E-state index < -0.39 is 0 Å². The summed E-state index contributed by atoms with van der Waals surface area (Å²) in [4.78, 5) is 20.9. The minimum absolute atomic E-state index is 0.178. The second kappa shape index (κ2) is 7.90. The van der Waals surface area contributed by atoms with Crippen LogP contribution in [0.2, 0.25) is 0 Å². The highest BCUT2D eigenvalue weighted by Crippen LogP contribution is 2.25. The summed E-state index contributed by atoms with van der Waals surface area (Å²) in [5, 5.41) is 17.6. The summed E-state index contributed by atoms with van der Waals surface area (Å²) in [6.07, 6.45) is 3.18. The number of para-hydroxylation sites is 1. The molecule has 2 aromatic heterocycles. The van der Waals surface area contributed by atoms with Gasteiger partial charge in [-0.25, -0.2) is 14.6 Å². The van der Waals surface area contributed by atoms with Gasteiger partial charge in [0.05, 0.1) is 34.7 Å². The molecule has 2 aromatic carbocycles. The third-order valence-corrected chi connectivity index (χ3v) is 4.95. The van der Waals surface area contributed by atoms with Gasteiger partial charge < -0.3 is 5.32 Å². The highest BCUT2D eigenvalue weighted by atomic mass is 32.2. The van der Waals surface area contributed by atoms with Gasteiger partial charge in [-0.05, 0) is 30.3 Å². The van der Waals surface area contributed by atoms with Crippen LogP contribution in [0.5, 0.6) is 0 Å². The number of rotatable bonds is 5. The lowest BCUT2D eigenvalue weighted by Crippen LogP contribution is -2.14. The van der Waals surface area contributed by atoms with Crippen LogP contribution < -0.4 is 5.32 Å². The third kappa shape index (κ3) is 3.70. The van der Waals surface area contributed by atoms with Crippen LogP contribution in [0.15, 0.2) is 72.1 Å². The summed E-state index contributed by atoms with van der Waals surface area (Å²) in [6.45, 7) is 0. The van der Waals surface area contributed by atoms with Crippen LogP contribution in [-0.4, -0.2) is 31.4 Å². The van der Waals surface area contributed by atoms with Crippen molar-refractivity contribution in [1.82, 2.24) is 19.7 Å². The number of anilines is 1. The van der Waals surface area contributed by atoms with Gasteiger partial charge in [-0.15, -0.1) is 0 Å². The molecule has 0 saturated carbocycles. The molecule has 0 saturated heterocycles. The first-order valence-corrected chi connectivity index (χ1v) is 9.40. The van der Waals surface area contributed by atoms with E-state index in [4.69, 9.17) is 5.26 Å². The van der Waals surface area contributed by atoms with Gasteiger partial charge in [-0.2, -0.15) is 10.4 Å². The second-order valence-electron chi connectivity index (χ2n) is 5.84. The number of fused-ring (bicyclic) bond motifs is 1. The van der Waals surface area contributed by atoms with Crippen molar-refractivity contribution >= 4 is 34.4 Å². The van der Waals surface area contributed by atoms with Crippen molar-refractivity contribution in [2.45, 2.75) is 5.03 Å². The van der Waals surface area contributed by atoms with Crippen LogP contribution in [0.25, 0.3) is 16.7 Å². The molecule has 0 radical (unpaired) electrons. The predicted octanol–water partition coefficient (Wildman–Crippen LogP) is 3.42. The molecule has 0 fully saturated rings. The zero-order valence-electron chi connectivity index (χ0n) is 14.6. The van der Waals surface area contributed by atoms with Gasteiger partial charge in [0.1, 0.15) is 11.4 Å². The Morgan fingerprint density at radius 3 is 2.82 bits per heavy atom. The molecule has 0 unspecified atom stereocenters. The van der Waals surface area contributed by atoms with Crippen molar-refractivity contribution < 1.29 is 4.79 Å². The van der Waals surface area contributed by atoms with E-state index in [0.29, 0.717) is 21.9 Å². The van der Waals surface area contributed by atoms with Gasteiger partial charge in [-0.3, -0.25) is 4.79 Å². The van der Waals surface area contributed by atoms with Gasteiger partial charge in [0, 0.05) is 5.69 Å². The summed E-state index contributed by atoms with van der Waals surface area (Å²) in [7, 11) is 0. The van der Waals surface area contributed by atoms with Gasteiger partial charge >= 0.3 is 0 Å². The topological polar surface area (TPSA) is 96.5 Å². The highest BCUT2D eigenvalue weighted by molar-refractivity contribution is 8.00. The lowest BCUT2D eigenvalue weighted by atomic mass is 10.2. The van der Waals surface area contributed by atoms with Crippen LogP contribution in [0.1, 0.15) is 5.56 Å². The number of carbonyl (C=O) groups excluding carboxylic acids is 1. The molecule has 136 valence electrons. The first-order valence-electron chi connectivity index (χ1n) is 8.41. The molecule has 0 spiro atoms. The van der Waals surface area contributed by atoms with Crippen molar-refractivity contribution in [3.05, 3.63) is 72.7 Å². The Morgan fingerprint density at radius 1 is 1.14 bits per heavy atom. The normalized spacial score (nSPS) is 10.5. The molecule has 28 heavy (non-hydrogen) atoms. The molecule has 4 aromatic rings. The molecule has 0 atom stereocenters. The van der Waals surface area contributed by atoms with Crippen LogP contribution in [0, 0.1) is 11.3 Å². The van der Waals surface area contributed by atoms with Gasteiger partial charge in [-0.1, -0.05) is 36.0 Å². The fraction of sp³-hybridized carbons (Fsp3) is 0.0500. The first kappa shape index (κ1) is 17.7. The maximum Gasteiger partial charge on any atom is 0.234 e. The van der Waals surface area contributed by atoms with Crippen molar-refractivity contribution in [3.63, 3.8) is 0 Å². The van der Waals surface area contributed by atoms with E-state index in [1.165, 1.54) is 18.1 Å². The number of nitriles is 1. The van der Waals surface area contributed by atoms with Crippen molar-refractivity contribution in [3.8, 4) is 11.8 Å². The van der Waals surface area contributed by atoms with E-state index in [1.54, 1.807) is 35.1 Å². The summed E-state index contributed by atoms with van der Waals surface area (Å²) in [5.41, 5.74) is 2.68. The lowest BCUT2D eigenvalue weighted by Gasteiger charge is -2.06. The zero-order valence-corrected chi connectivity index (χ0v) is 15.4. The van der Waals surface area contributed by atoms with Crippen molar-refractivity contribution in [2.75, 3.05) is 11.1 Å². The lowest BCUT2D eigenvalue weighted by molar-refractivity contribution is -0.113. The Labute approximate surface area is 165 Å². The number of nitrogens with one attached hydrogen (secondary N) is 1. The SMILES string of the molecule is N#Cc1cccc(NC(=O)CSc2ncnc3c2cnn3-c2ccccc2)c1. The molecular formula is C20H14N6OS. The van der Waals surface area contributed by atoms with Crippen LogP contribution >= 0.6 is 11.8 Å². The van der Waals surface area contributed by atoms with E-state index in [0.717, 1.165) is 11.1 Å². The number of carbonyl (C=O) groups is 1. The summed E-state index contributed by atoms with van der Waals surface area (Å²) >= 11 is 1.31. The molecule has 7 nitrogen and oxygen atoms in total. The number of nitrogens with zero attached hydrogens (tertiary/aromatic N) is 5. The van der Waals surface area contributed by atoms with E-state index in [-0.39, 0.29) is 11.7 Å². The Balaban J connectivity index is 1.50. The third-order valence-electron chi connectivity index (χ3n) is 3.95. The fourth-order valence-corrected chi connectivity index (χ4v) is 3.45. The average Bonchev–Trinajstić information content (AvgIpc) is 3.18. The number of hydrogen-bond acceptors (Lipinski definition) is 6. The van der Waals surface area contributed by atoms with Crippen molar-refractivity contribution in [2.24, 2.45) is 0 Å². The van der Waals surface area contributed by atoms with E-state index >= 15 is 0 Å². The molecule has 0 aliphatic heterocycles. The van der Waals surface area contributed by atoms with Crippen LogP contribution in [0.3, 0.4) is 0 Å². The molecular weight excluding hydrogens is 372 g/mol. The molecule has 1 N–H and O–H groups in total. The summed E-state index contributed by atoms with van der Waals surface area (Å²) in [6, 6.07) is 18.6. The quantitative estimate of drug-likeness (QED) is 0.417. The maximum atomic E-state index is 12.3.